The van der Waals surface area contributed by atoms with Crippen molar-refractivity contribution in [2.24, 2.45) is 5.92 Å². The Kier molecular flexibility index (Phi) is 3.75. The van der Waals surface area contributed by atoms with E-state index in [0.29, 0.717) is 12.5 Å². The Bertz CT molecular complexity index is 790. The summed E-state index contributed by atoms with van der Waals surface area (Å²) < 4.78 is 10.1. The van der Waals surface area contributed by atoms with Crippen molar-refractivity contribution in [2.45, 2.75) is 32.5 Å². The van der Waals surface area contributed by atoms with Gasteiger partial charge in [0.25, 0.3) is 0 Å². The second kappa shape index (κ2) is 6.04. The third kappa shape index (κ3) is 2.94. The lowest BCUT2D eigenvalue weighted by molar-refractivity contribution is 0.269. The Morgan fingerprint density at radius 3 is 2.96 bits per heavy atom. The summed E-state index contributed by atoms with van der Waals surface area (Å²) >= 11 is 0. The van der Waals surface area contributed by atoms with Gasteiger partial charge in [-0.25, -0.2) is 9.97 Å². The highest BCUT2D eigenvalue weighted by molar-refractivity contribution is 5.85. The highest BCUT2D eigenvalue weighted by Crippen LogP contribution is 2.35. The van der Waals surface area contributed by atoms with Crippen LogP contribution in [-0.2, 0) is 19.7 Å². The minimum Gasteiger partial charge on any atom is -0.474 e. The minimum absolute atomic E-state index is 0.0376. The number of hydrogen-bond acceptors (Lipinski definition) is 4. The molecule has 3 aromatic rings. The second-order valence-electron chi connectivity index (χ2n) is 6.05. The molecule has 0 bridgehead atoms. The van der Waals surface area contributed by atoms with Crippen molar-refractivity contribution in [1.29, 1.82) is 0 Å². The second-order valence-corrected chi connectivity index (χ2v) is 6.05. The van der Waals surface area contributed by atoms with Crippen molar-refractivity contribution >= 4 is 10.9 Å². The molecule has 6 nitrogen and oxygen atoms in total. The Labute approximate surface area is 134 Å². The third-order valence-corrected chi connectivity index (χ3v) is 4.31. The molecule has 1 N–H and O–H groups in total. The SMILES string of the molecule is OCc1cc2ccnc(OCCn3ccnc3)c2n1CC1CC1. The normalized spacial score (nSPS) is 14.5. The van der Waals surface area contributed by atoms with Crippen LogP contribution < -0.4 is 4.74 Å². The predicted octanol–water partition coefficient (Wildman–Crippen LogP) is 2.21. The zero-order valence-electron chi connectivity index (χ0n) is 12.9. The summed E-state index contributed by atoms with van der Waals surface area (Å²) in [5.41, 5.74) is 1.92. The third-order valence-electron chi connectivity index (χ3n) is 4.31. The van der Waals surface area contributed by atoms with Crippen LogP contribution in [0.5, 0.6) is 5.88 Å². The molecule has 6 heteroatoms. The van der Waals surface area contributed by atoms with Crippen LogP contribution in [0, 0.1) is 5.92 Å². The Hall–Kier alpha value is -2.34. The van der Waals surface area contributed by atoms with E-state index in [0.717, 1.165) is 35.6 Å². The molecule has 4 rings (SSSR count). The quantitative estimate of drug-likeness (QED) is 0.726. The molecular formula is C17H20N4O2. The van der Waals surface area contributed by atoms with Crippen molar-refractivity contribution in [3.05, 3.63) is 42.7 Å². The van der Waals surface area contributed by atoms with Crippen LogP contribution in [-0.4, -0.2) is 30.8 Å². The molecule has 1 aliphatic carbocycles. The number of aliphatic hydroxyl groups is 1. The molecule has 1 aliphatic rings. The summed E-state index contributed by atoms with van der Waals surface area (Å²) in [4.78, 5) is 8.44. The lowest BCUT2D eigenvalue weighted by Crippen LogP contribution is -2.10. The largest absolute Gasteiger partial charge is 0.474 e. The van der Waals surface area contributed by atoms with Crippen molar-refractivity contribution in [1.82, 2.24) is 19.1 Å². The average Bonchev–Trinajstić information content (AvgIpc) is 3.09. The van der Waals surface area contributed by atoms with E-state index in [1.165, 1.54) is 12.8 Å². The first-order valence-electron chi connectivity index (χ1n) is 8.01. The zero-order valence-corrected chi connectivity index (χ0v) is 12.9. The van der Waals surface area contributed by atoms with Crippen LogP contribution in [0.15, 0.2) is 37.1 Å². The van der Waals surface area contributed by atoms with Crippen LogP contribution in [0.4, 0.5) is 0 Å². The summed E-state index contributed by atoms with van der Waals surface area (Å²) in [5, 5.41) is 10.7. The molecule has 1 fully saturated rings. The highest BCUT2D eigenvalue weighted by Gasteiger charge is 2.24. The number of ether oxygens (including phenoxy) is 1. The van der Waals surface area contributed by atoms with E-state index in [2.05, 4.69) is 14.5 Å². The maximum atomic E-state index is 9.65. The first-order chi connectivity index (χ1) is 11.3. The van der Waals surface area contributed by atoms with Gasteiger partial charge in [0.2, 0.25) is 5.88 Å². The molecule has 120 valence electrons. The lowest BCUT2D eigenvalue weighted by atomic mass is 10.3. The van der Waals surface area contributed by atoms with E-state index >= 15 is 0 Å². The van der Waals surface area contributed by atoms with Gasteiger partial charge >= 0.3 is 0 Å². The van der Waals surface area contributed by atoms with Gasteiger partial charge in [0.05, 0.1) is 19.5 Å². The van der Waals surface area contributed by atoms with Crippen LogP contribution >= 0.6 is 0 Å². The molecule has 0 radical (unpaired) electrons. The average molecular weight is 312 g/mol. The van der Waals surface area contributed by atoms with Gasteiger partial charge in [-0.05, 0) is 30.9 Å². The van der Waals surface area contributed by atoms with Gasteiger partial charge in [-0.2, -0.15) is 0 Å². The molecule has 0 aromatic carbocycles. The lowest BCUT2D eigenvalue weighted by Gasteiger charge is -2.12. The Morgan fingerprint density at radius 1 is 1.30 bits per heavy atom. The molecule has 0 saturated heterocycles. The van der Waals surface area contributed by atoms with Crippen LogP contribution in [0.25, 0.3) is 10.9 Å². The van der Waals surface area contributed by atoms with Crippen LogP contribution in [0.2, 0.25) is 0 Å². The number of pyridine rings is 1. The number of hydrogen-bond donors (Lipinski definition) is 1. The molecule has 23 heavy (non-hydrogen) atoms. The molecule has 0 atom stereocenters. The fourth-order valence-corrected chi connectivity index (χ4v) is 2.91. The van der Waals surface area contributed by atoms with E-state index in [4.69, 9.17) is 4.74 Å². The van der Waals surface area contributed by atoms with E-state index in [9.17, 15) is 5.11 Å². The monoisotopic (exact) mass is 312 g/mol. The molecule has 3 heterocycles. The van der Waals surface area contributed by atoms with Gasteiger partial charge in [0.15, 0.2) is 0 Å². The van der Waals surface area contributed by atoms with Crippen molar-refractivity contribution in [3.63, 3.8) is 0 Å². The molecule has 0 unspecified atom stereocenters. The van der Waals surface area contributed by atoms with Crippen molar-refractivity contribution < 1.29 is 9.84 Å². The number of rotatable bonds is 7. The summed E-state index contributed by atoms with van der Waals surface area (Å²) in [6, 6.07) is 4.00. The van der Waals surface area contributed by atoms with Crippen LogP contribution in [0.1, 0.15) is 18.5 Å². The van der Waals surface area contributed by atoms with E-state index < -0.39 is 0 Å². The maximum Gasteiger partial charge on any atom is 0.238 e. The molecule has 0 aliphatic heterocycles. The first kappa shape index (κ1) is 14.3. The van der Waals surface area contributed by atoms with E-state index in [-0.39, 0.29) is 6.61 Å². The number of nitrogens with zero attached hydrogens (tertiary/aromatic N) is 4. The van der Waals surface area contributed by atoms with E-state index in [1.807, 2.05) is 22.9 Å². The van der Waals surface area contributed by atoms with Gasteiger partial charge in [-0.1, -0.05) is 0 Å². The standard InChI is InChI=1S/C17H20N4O2/c22-11-15-9-14-3-4-19-17(16(14)21(15)10-13-1-2-13)23-8-7-20-6-5-18-12-20/h3-6,9,12-13,22H,1-2,7-8,10-11H2. The smallest absolute Gasteiger partial charge is 0.238 e. The summed E-state index contributed by atoms with van der Waals surface area (Å²) in [7, 11) is 0. The number of fused-ring (bicyclic) bond motifs is 1. The van der Waals surface area contributed by atoms with Gasteiger partial charge in [0, 0.05) is 36.2 Å². The topological polar surface area (TPSA) is 65.1 Å². The highest BCUT2D eigenvalue weighted by atomic mass is 16.5. The Balaban J connectivity index is 1.61. The predicted molar refractivity (Wildman–Crippen MR) is 86.1 cm³/mol. The van der Waals surface area contributed by atoms with Crippen molar-refractivity contribution in [3.8, 4) is 5.88 Å². The first-order valence-corrected chi connectivity index (χ1v) is 8.01. The summed E-state index contributed by atoms with van der Waals surface area (Å²) in [6.45, 7) is 2.23. The number of aromatic nitrogens is 4. The van der Waals surface area contributed by atoms with E-state index in [1.54, 1.807) is 18.7 Å². The fourth-order valence-electron chi connectivity index (χ4n) is 2.91. The fraction of sp³-hybridized carbons (Fsp3) is 0.412. The molecule has 1 saturated carbocycles. The summed E-state index contributed by atoms with van der Waals surface area (Å²) in [6.07, 6.45) is 9.74. The number of imidazole rings is 1. The number of aliphatic hydroxyl groups excluding tert-OH is 1. The molecule has 3 aromatic heterocycles. The van der Waals surface area contributed by atoms with Gasteiger partial charge in [-0.15, -0.1) is 0 Å². The molecule has 0 spiro atoms. The summed E-state index contributed by atoms with van der Waals surface area (Å²) in [5.74, 6) is 1.36. The molecule has 0 amide bonds. The zero-order chi connectivity index (χ0) is 15.6. The van der Waals surface area contributed by atoms with Crippen molar-refractivity contribution in [2.75, 3.05) is 6.61 Å². The maximum absolute atomic E-state index is 9.65. The molecular weight excluding hydrogens is 292 g/mol. The van der Waals surface area contributed by atoms with Crippen LogP contribution in [0.3, 0.4) is 0 Å². The van der Waals surface area contributed by atoms with Gasteiger partial charge < -0.3 is 19.0 Å². The van der Waals surface area contributed by atoms with Gasteiger partial charge in [-0.3, -0.25) is 0 Å². The Morgan fingerprint density at radius 2 is 2.22 bits per heavy atom. The minimum atomic E-state index is 0.0376. The van der Waals surface area contributed by atoms with Gasteiger partial charge in [0.1, 0.15) is 12.1 Å².